The summed E-state index contributed by atoms with van der Waals surface area (Å²) < 4.78 is 27.4. The molecular weight excluding hydrogens is 286 g/mol. The summed E-state index contributed by atoms with van der Waals surface area (Å²) in [6.45, 7) is 0.0965. The lowest BCUT2D eigenvalue weighted by atomic mass is 10.00. The summed E-state index contributed by atoms with van der Waals surface area (Å²) >= 11 is 0. The predicted octanol–water partition coefficient (Wildman–Crippen LogP) is -1.61. The number of hydrogen-bond donors (Lipinski definition) is 2. The fourth-order valence-electron chi connectivity index (χ4n) is 2.54. The number of aryl methyl sites for hydroxylation is 1. The van der Waals surface area contributed by atoms with Crippen molar-refractivity contribution in [1.82, 2.24) is 24.7 Å². The van der Waals surface area contributed by atoms with E-state index in [-0.39, 0.29) is 24.5 Å². The van der Waals surface area contributed by atoms with Crippen LogP contribution in [-0.4, -0.2) is 53.1 Å². The maximum atomic E-state index is 12.5. The van der Waals surface area contributed by atoms with Crippen molar-refractivity contribution in [3.05, 3.63) is 12.3 Å². The second kappa shape index (κ2) is 4.03. The fourth-order valence-corrected chi connectivity index (χ4v) is 4.14. The number of carbonyl (C=O) groups is 2. The first kappa shape index (κ1) is 13.1. The molecule has 0 bridgehead atoms. The molecule has 0 aliphatic carbocycles. The average Bonchev–Trinajstić information content (AvgIpc) is 3.02. The van der Waals surface area contributed by atoms with Gasteiger partial charge in [-0.3, -0.25) is 14.8 Å². The van der Waals surface area contributed by atoms with Crippen molar-refractivity contribution < 1.29 is 18.0 Å². The minimum Gasteiger partial charge on any atom is -0.322 e. The molecule has 10 heteroatoms. The van der Waals surface area contributed by atoms with Crippen molar-refractivity contribution in [2.75, 3.05) is 13.1 Å². The lowest BCUT2D eigenvalue weighted by molar-refractivity contribution is -0.123. The van der Waals surface area contributed by atoms with Gasteiger partial charge in [0.25, 0.3) is 15.9 Å². The van der Waals surface area contributed by atoms with Crippen LogP contribution in [0.5, 0.6) is 0 Å². The van der Waals surface area contributed by atoms with E-state index in [0.29, 0.717) is 0 Å². The average molecular weight is 299 g/mol. The highest BCUT2D eigenvalue weighted by molar-refractivity contribution is 7.89. The van der Waals surface area contributed by atoms with Crippen LogP contribution in [0.2, 0.25) is 0 Å². The molecule has 0 saturated carbocycles. The molecule has 1 unspecified atom stereocenters. The second-order valence-electron chi connectivity index (χ2n) is 4.87. The molecule has 0 aromatic carbocycles. The Bertz CT molecular complexity index is 696. The first-order valence-electron chi connectivity index (χ1n) is 5.97. The van der Waals surface area contributed by atoms with Gasteiger partial charge in [-0.15, -0.1) is 0 Å². The predicted molar refractivity (Wildman–Crippen MR) is 66.0 cm³/mol. The van der Waals surface area contributed by atoms with E-state index in [1.807, 2.05) is 0 Å². The number of sulfonamides is 1. The monoisotopic (exact) mass is 299 g/mol. The first-order valence-corrected chi connectivity index (χ1v) is 7.41. The molecule has 1 aromatic rings. The van der Waals surface area contributed by atoms with E-state index < -0.39 is 27.5 Å². The van der Waals surface area contributed by atoms with Gasteiger partial charge in [-0.25, -0.2) is 13.2 Å². The molecular formula is C10H13N5O4S. The van der Waals surface area contributed by atoms with Crippen molar-refractivity contribution in [2.45, 2.75) is 17.0 Å². The van der Waals surface area contributed by atoms with Crippen LogP contribution >= 0.6 is 0 Å². The number of carbonyl (C=O) groups excluding carboxylic acids is 2. The van der Waals surface area contributed by atoms with Crippen LogP contribution in [0.3, 0.4) is 0 Å². The topological polar surface area (TPSA) is 113 Å². The molecule has 108 valence electrons. The number of nitrogens with one attached hydrogen (secondary N) is 2. The van der Waals surface area contributed by atoms with Gasteiger partial charge < -0.3 is 5.32 Å². The van der Waals surface area contributed by atoms with Crippen LogP contribution in [0, 0.1) is 0 Å². The molecule has 1 atom stereocenters. The highest BCUT2D eigenvalue weighted by Crippen LogP contribution is 2.29. The summed E-state index contributed by atoms with van der Waals surface area (Å²) in [6.07, 6.45) is 1.64. The van der Waals surface area contributed by atoms with E-state index in [2.05, 4.69) is 15.7 Å². The van der Waals surface area contributed by atoms with E-state index >= 15 is 0 Å². The highest BCUT2D eigenvalue weighted by Gasteiger charge is 2.53. The zero-order valence-electron chi connectivity index (χ0n) is 10.7. The van der Waals surface area contributed by atoms with Crippen LogP contribution < -0.4 is 10.6 Å². The van der Waals surface area contributed by atoms with Gasteiger partial charge in [0.05, 0.1) is 6.20 Å². The lowest BCUT2D eigenvalue weighted by Crippen LogP contribution is -2.49. The number of nitrogens with zero attached hydrogens (tertiary/aromatic N) is 3. The highest BCUT2D eigenvalue weighted by atomic mass is 32.2. The van der Waals surface area contributed by atoms with Gasteiger partial charge in [-0.2, -0.15) is 9.40 Å². The summed E-state index contributed by atoms with van der Waals surface area (Å²) in [5, 5.41) is 8.54. The standard InChI is InChI=1S/C10H13N5O4S/c1-14-7(2-4-11-14)20(18,19)15-5-3-10(6-15)8(16)12-9(17)13-10/h2,4H,3,5-6H2,1H3,(H2,12,13,16,17). The SMILES string of the molecule is Cn1nccc1S(=O)(=O)N1CCC2(C1)NC(=O)NC2=O. The zero-order valence-corrected chi connectivity index (χ0v) is 11.5. The molecule has 3 heterocycles. The Morgan fingerprint density at radius 1 is 1.40 bits per heavy atom. The summed E-state index contributed by atoms with van der Waals surface area (Å²) in [7, 11) is -2.20. The molecule has 2 N–H and O–H groups in total. The molecule has 3 rings (SSSR count). The molecule has 0 radical (unpaired) electrons. The number of hydrogen-bond acceptors (Lipinski definition) is 5. The third-order valence-electron chi connectivity index (χ3n) is 3.63. The Balaban J connectivity index is 1.90. The maximum Gasteiger partial charge on any atom is 0.322 e. The molecule has 2 saturated heterocycles. The van der Waals surface area contributed by atoms with Gasteiger partial charge in [0.15, 0.2) is 5.03 Å². The smallest absolute Gasteiger partial charge is 0.322 e. The second-order valence-corrected chi connectivity index (χ2v) is 6.76. The van der Waals surface area contributed by atoms with E-state index in [1.54, 1.807) is 0 Å². The maximum absolute atomic E-state index is 12.5. The normalized spacial score (nSPS) is 27.1. The van der Waals surface area contributed by atoms with Crippen LogP contribution in [0.15, 0.2) is 17.3 Å². The summed E-state index contributed by atoms with van der Waals surface area (Å²) in [4.78, 5) is 23.0. The molecule has 2 aliphatic rings. The molecule has 20 heavy (non-hydrogen) atoms. The molecule has 1 aromatic heterocycles. The molecule has 3 amide bonds. The number of imide groups is 1. The molecule has 2 fully saturated rings. The van der Waals surface area contributed by atoms with Crippen LogP contribution in [0.4, 0.5) is 4.79 Å². The zero-order chi connectivity index (χ0) is 14.5. The van der Waals surface area contributed by atoms with Gasteiger partial charge >= 0.3 is 6.03 Å². The fraction of sp³-hybridized carbons (Fsp3) is 0.500. The van der Waals surface area contributed by atoms with E-state index in [9.17, 15) is 18.0 Å². The van der Waals surface area contributed by atoms with Gasteiger partial charge in [0.1, 0.15) is 5.54 Å². The van der Waals surface area contributed by atoms with Crippen molar-refractivity contribution >= 4 is 22.0 Å². The Labute approximate surface area is 115 Å². The Hall–Kier alpha value is -1.94. The summed E-state index contributed by atoms with van der Waals surface area (Å²) in [5.74, 6) is -0.481. The summed E-state index contributed by atoms with van der Waals surface area (Å²) in [5.41, 5.74) is -1.15. The van der Waals surface area contributed by atoms with Crippen LogP contribution in [0.1, 0.15) is 6.42 Å². The number of urea groups is 1. The minimum absolute atomic E-state index is 0.0549. The number of aromatic nitrogens is 2. The van der Waals surface area contributed by atoms with Gasteiger partial charge in [-0.05, 0) is 12.5 Å². The van der Waals surface area contributed by atoms with Crippen LogP contribution in [-0.2, 0) is 21.9 Å². The lowest BCUT2D eigenvalue weighted by Gasteiger charge is -2.20. The van der Waals surface area contributed by atoms with Crippen molar-refractivity contribution in [3.63, 3.8) is 0 Å². The Morgan fingerprint density at radius 2 is 2.15 bits per heavy atom. The quantitative estimate of drug-likeness (QED) is 0.638. The van der Waals surface area contributed by atoms with E-state index in [1.165, 1.54) is 28.3 Å². The first-order chi connectivity index (χ1) is 9.35. The van der Waals surface area contributed by atoms with E-state index in [4.69, 9.17) is 0 Å². The number of amides is 3. The van der Waals surface area contributed by atoms with Gasteiger partial charge in [0.2, 0.25) is 0 Å². The Kier molecular flexibility index (Phi) is 2.63. The van der Waals surface area contributed by atoms with Crippen LogP contribution in [0.25, 0.3) is 0 Å². The third kappa shape index (κ3) is 1.72. The third-order valence-corrected chi connectivity index (χ3v) is 5.55. The minimum atomic E-state index is -3.73. The van der Waals surface area contributed by atoms with Crippen molar-refractivity contribution in [1.29, 1.82) is 0 Å². The molecule has 9 nitrogen and oxygen atoms in total. The van der Waals surface area contributed by atoms with Gasteiger partial charge in [-0.1, -0.05) is 0 Å². The molecule has 2 aliphatic heterocycles. The molecule has 1 spiro atoms. The van der Waals surface area contributed by atoms with Crippen molar-refractivity contribution in [3.8, 4) is 0 Å². The van der Waals surface area contributed by atoms with Crippen molar-refractivity contribution in [2.24, 2.45) is 7.05 Å². The summed E-state index contributed by atoms with van der Waals surface area (Å²) in [6, 6.07) is 0.808. The van der Waals surface area contributed by atoms with E-state index in [0.717, 1.165) is 0 Å². The van der Waals surface area contributed by atoms with Gasteiger partial charge in [0, 0.05) is 20.1 Å². The largest absolute Gasteiger partial charge is 0.322 e. The number of rotatable bonds is 2. The Morgan fingerprint density at radius 3 is 2.70 bits per heavy atom.